The van der Waals surface area contributed by atoms with Gasteiger partial charge in [0.2, 0.25) is 5.91 Å². The van der Waals surface area contributed by atoms with E-state index >= 15 is 0 Å². The molecule has 1 saturated heterocycles. The van der Waals surface area contributed by atoms with E-state index in [0.717, 1.165) is 37.2 Å². The highest BCUT2D eigenvalue weighted by molar-refractivity contribution is 7.10. The van der Waals surface area contributed by atoms with Gasteiger partial charge >= 0.3 is 0 Å². The summed E-state index contributed by atoms with van der Waals surface area (Å²) in [7, 11) is 0. The number of aromatic nitrogens is 2. The van der Waals surface area contributed by atoms with Crippen LogP contribution in [-0.2, 0) is 17.8 Å². The van der Waals surface area contributed by atoms with Crippen LogP contribution in [-0.4, -0.2) is 33.2 Å². The van der Waals surface area contributed by atoms with Crippen molar-refractivity contribution in [2.45, 2.75) is 44.7 Å². The summed E-state index contributed by atoms with van der Waals surface area (Å²) >= 11 is 1.67. The van der Waals surface area contributed by atoms with Crippen molar-refractivity contribution in [3.63, 3.8) is 0 Å². The van der Waals surface area contributed by atoms with Gasteiger partial charge in [0, 0.05) is 36.4 Å². The average Bonchev–Trinajstić information content (AvgIpc) is 3.18. The predicted octanol–water partition coefficient (Wildman–Crippen LogP) is 2.96. The summed E-state index contributed by atoms with van der Waals surface area (Å²) < 4.78 is 1.95. The van der Waals surface area contributed by atoms with Crippen molar-refractivity contribution in [2.75, 3.05) is 6.54 Å². The molecule has 1 amide bonds. The number of aryl methyl sites for hydroxylation is 1. The third kappa shape index (κ3) is 3.73. The van der Waals surface area contributed by atoms with Gasteiger partial charge in [0.15, 0.2) is 0 Å². The van der Waals surface area contributed by atoms with Gasteiger partial charge in [-0.3, -0.25) is 9.48 Å². The Morgan fingerprint density at radius 3 is 3.10 bits per heavy atom. The normalized spacial score (nSPS) is 18.9. The summed E-state index contributed by atoms with van der Waals surface area (Å²) in [5, 5.41) is 6.28. The second-order valence-corrected chi connectivity index (χ2v) is 6.58. The Kier molecular flexibility index (Phi) is 4.70. The first kappa shape index (κ1) is 14.3. The molecule has 3 rings (SSSR count). The van der Waals surface area contributed by atoms with E-state index in [2.05, 4.69) is 10.00 Å². The number of hydrogen-bond donors (Lipinski definition) is 0. The Bertz CT molecular complexity index is 550. The van der Waals surface area contributed by atoms with Gasteiger partial charge in [0.05, 0.1) is 6.42 Å². The maximum absolute atomic E-state index is 12.5. The van der Waals surface area contributed by atoms with Gasteiger partial charge < -0.3 is 4.90 Å². The summed E-state index contributed by atoms with van der Waals surface area (Å²) in [5.41, 5.74) is 0. The molecule has 21 heavy (non-hydrogen) atoms. The molecule has 1 atom stereocenters. The molecule has 1 aliphatic heterocycles. The molecule has 1 aliphatic rings. The molecule has 1 unspecified atom stereocenters. The van der Waals surface area contributed by atoms with Crippen molar-refractivity contribution < 1.29 is 4.79 Å². The minimum Gasteiger partial charge on any atom is -0.339 e. The Morgan fingerprint density at radius 1 is 1.38 bits per heavy atom. The first-order valence-electron chi connectivity index (χ1n) is 7.62. The van der Waals surface area contributed by atoms with Gasteiger partial charge in [-0.1, -0.05) is 6.07 Å². The third-order valence-corrected chi connectivity index (χ3v) is 4.98. The number of likely N-dealkylation sites (tertiary alicyclic amines) is 1. The van der Waals surface area contributed by atoms with Crippen molar-refractivity contribution in [1.29, 1.82) is 0 Å². The van der Waals surface area contributed by atoms with E-state index in [0.29, 0.717) is 12.5 Å². The molecule has 2 aromatic heterocycles. The third-order valence-electron chi connectivity index (χ3n) is 4.10. The number of hydrogen-bond acceptors (Lipinski definition) is 3. The summed E-state index contributed by atoms with van der Waals surface area (Å²) in [5.74, 6) is 0.280. The van der Waals surface area contributed by atoms with E-state index in [4.69, 9.17) is 0 Å². The van der Waals surface area contributed by atoms with E-state index in [1.807, 2.05) is 34.5 Å². The summed E-state index contributed by atoms with van der Waals surface area (Å²) in [6.45, 7) is 1.80. The lowest BCUT2D eigenvalue weighted by Crippen LogP contribution is -2.44. The monoisotopic (exact) mass is 303 g/mol. The van der Waals surface area contributed by atoms with Gasteiger partial charge in [0.25, 0.3) is 0 Å². The van der Waals surface area contributed by atoms with Crippen molar-refractivity contribution >= 4 is 17.2 Å². The minimum atomic E-state index is 0.280. The van der Waals surface area contributed by atoms with Crippen molar-refractivity contribution in [1.82, 2.24) is 14.7 Å². The molecule has 5 heteroatoms. The predicted molar refractivity (Wildman–Crippen MR) is 84.2 cm³/mol. The molecule has 0 aliphatic carbocycles. The number of carbonyl (C=O) groups excluding carboxylic acids is 1. The van der Waals surface area contributed by atoms with Gasteiger partial charge in [-0.25, -0.2) is 0 Å². The standard InChI is InChI=1S/C16H21N3OS/c20-16(13-15-6-3-12-21-15)19-10-2-1-5-14(19)7-11-18-9-4-8-17-18/h3-4,6,8-9,12,14H,1-2,5,7,10-11,13H2. The summed E-state index contributed by atoms with van der Waals surface area (Å²) in [6.07, 6.45) is 8.83. The second-order valence-electron chi connectivity index (χ2n) is 5.55. The fourth-order valence-corrected chi connectivity index (χ4v) is 3.70. The van der Waals surface area contributed by atoms with Crippen molar-refractivity contribution in [3.8, 4) is 0 Å². The molecule has 0 bridgehead atoms. The number of rotatable bonds is 5. The van der Waals surface area contributed by atoms with Gasteiger partial charge in [-0.05, 0) is 43.2 Å². The van der Waals surface area contributed by atoms with Crippen LogP contribution in [0.5, 0.6) is 0 Å². The SMILES string of the molecule is O=C(Cc1cccs1)N1CCCCC1CCn1cccn1. The topological polar surface area (TPSA) is 38.1 Å². The second kappa shape index (κ2) is 6.89. The molecular formula is C16H21N3OS. The maximum Gasteiger partial charge on any atom is 0.228 e. The Hall–Kier alpha value is -1.62. The minimum absolute atomic E-state index is 0.280. The Balaban J connectivity index is 1.59. The molecule has 3 heterocycles. The fourth-order valence-electron chi connectivity index (χ4n) is 3.01. The van der Waals surface area contributed by atoms with Crippen LogP contribution < -0.4 is 0 Å². The number of nitrogens with zero attached hydrogens (tertiary/aromatic N) is 3. The van der Waals surface area contributed by atoms with E-state index in [1.54, 1.807) is 17.5 Å². The quantitative estimate of drug-likeness (QED) is 0.851. The fraction of sp³-hybridized carbons (Fsp3) is 0.500. The summed E-state index contributed by atoms with van der Waals surface area (Å²) in [4.78, 5) is 15.8. The zero-order chi connectivity index (χ0) is 14.5. The molecule has 1 fully saturated rings. The first-order chi connectivity index (χ1) is 10.3. The largest absolute Gasteiger partial charge is 0.339 e. The van der Waals surface area contributed by atoms with Crippen LogP contribution in [0.2, 0.25) is 0 Å². The van der Waals surface area contributed by atoms with Crippen LogP contribution in [0.1, 0.15) is 30.6 Å². The Labute approximate surface area is 129 Å². The molecule has 0 N–H and O–H groups in total. The van der Waals surface area contributed by atoms with E-state index in [9.17, 15) is 4.79 Å². The maximum atomic E-state index is 12.5. The number of thiophene rings is 1. The van der Waals surface area contributed by atoms with Crippen LogP contribution in [0.3, 0.4) is 0 Å². The van der Waals surface area contributed by atoms with E-state index in [-0.39, 0.29) is 5.91 Å². The zero-order valence-corrected chi connectivity index (χ0v) is 13.0. The highest BCUT2D eigenvalue weighted by Gasteiger charge is 2.26. The number of carbonyl (C=O) groups is 1. The van der Waals surface area contributed by atoms with Crippen LogP contribution >= 0.6 is 11.3 Å². The van der Waals surface area contributed by atoms with Crippen LogP contribution in [0.4, 0.5) is 0 Å². The van der Waals surface area contributed by atoms with Gasteiger partial charge in [0.1, 0.15) is 0 Å². The van der Waals surface area contributed by atoms with Crippen LogP contribution in [0.25, 0.3) is 0 Å². The Morgan fingerprint density at radius 2 is 2.33 bits per heavy atom. The lowest BCUT2D eigenvalue weighted by Gasteiger charge is -2.36. The van der Waals surface area contributed by atoms with E-state index in [1.165, 1.54) is 6.42 Å². The molecule has 4 nitrogen and oxygen atoms in total. The van der Waals surface area contributed by atoms with E-state index < -0.39 is 0 Å². The highest BCUT2D eigenvalue weighted by atomic mass is 32.1. The van der Waals surface area contributed by atoms with Crippen molar-refractivity contribution in [2.24, 2.45) is 0 Å². The highest BCUT2D eigenvalue weighted by Crippen LogP contribution is 2.22. The van der Waals surface area contributed by atoms with Crippen LogP contribution in [0, 0.1) is 0 Å². The molecular weight excluding hydrogens is 282 g/mol. The van der Waals surface area contributed by atoms with Gasteiger partial charge in [-0.2, -0.15) is 5.10 Å². The zero-order valence-electron chi connectivity index (χ0n) is 12.1. The van der Waals surface area contributed by atoms with Gasteiger partial charge in [-0.15, -0.1) is 11.3 Å². The molecule has 2 aromatic rings. The number of amides is 1. The number of piperidine rings is 1. The summed E-state index contributed by atoms with van der Waals surface area (Å²) in [6, 6.07) is 6.38. The lowest BCUT2D eigenvalue weighted by molar-refractivity contribution is -0.134. The molecule has 0 aromatic carbocycles. The molecule has 0 spiro atoms. The molecule has 0 saturated carbocycles. The first-order valence-corrected chi connectivity index (χ1v) is 8.50. The van der Waals surface area contributed by atoms with Crippen molar-refractivity contribution in [3.05, 3.63) is 40.8 Å². The average molecular weight is 303 g/mol. The smallest absolute Gasteiger partial charge is 0.228 e. The van der Waals surface area contributed by atoms with Crippen LogP contribution in [0.15, 0.2) is 36.0 Å². The molecule has 0 radical (unpaired) electrons. The molecule has 112 valence electrons. The lowest BCUT2D eigenvalue weighted by atomic mass is 9.98.